The molecule has 0 amide bonds. The van der Waals surface area contributed by atoms with Crippen molar-refractivity contribution in [3.8, 4) is 11.1 Å². The third kappa shape index (κ3) is 4.98. The molecule has 1 aromatic heterocycles. The van der Waals surface area contributed by atoms with Crippen molar-refractivity contribution in [2.75, 3.05) is 25.1 Å². The number of anilines is 1. The minimum Gasteiger partial charge on any atom is -0.561 e. The van der Waals surface area contributed by atoms with Gasteiger partial charge in [0.1, 0.15) is 18.7 Å². The first kappa shape index (κ1) is 23.4. The Labute approximate surface area is 186 Å². The molecule has 1 aromatic carbocycles. The summed E-state index contributed by atoms with van der Waals surface area (Å²) in [7, 11) is -0.399. The molecule has 0 atom stereocenters. The number of aryl methyl sites for hydroxylation is 1. The fraction of sp³-hybridized carbons (Fsp3) is 0.500. The molecular formula is C24H34FN3O2Si-. The van der Waals surface area contributed by atoms with Gasteiger partial charge < -0.3 is 14.2 Å². The summed E-state index contributed by atoms with van der Waals surface area (Å²) in [5.41, 5.74) is 4.04. The number of hydrogen-bond donors (Lipinski definition) is 0. The molecule has 0 saturated carbocycles. The molecule has 1 saturated heterocycles. The molecule has 7 heteroatoms. The molecule has 0 N–H and O–H groups in total. The summed E-state index contributed by atoms with van der Waals surface area (Å²) in [6, 6.07) is 7.56. The van der Waals surface area contributed by atoms with E-state index in [9.17, 15) is 0 Å². The molecule has 0 radical (unpaired) electrons. The lowest BCUT2D eigenvalue weighted by Crippen LogP contribution is -2.48. The van der Waals surface area contributed by atoms with Crippen LogP contribution in [0.1, 0.15) is 38.8 Å². The molecule has 31 heavy (non-hydrogen) atoms. The van der Waals surface area contributed by atoms with E-state index in [0.29, 0.717) is 24.2 Å². The Hall–Kier alpha value is -2.25. The molecule has 0 unspecified atom stereocenters. The van der Waals surface area contributed by atoms with Crippen molar-refractivity contribution < 1.29 is 13.7 Å². The average molecular weight is 444 g/mol. The molecule has 2 heterocycles. The van der Waals surface area contributed by atoms with Crippen molar-refractivity contribution in [3.63, 3.8) is 0 Å². The zero-order chi connectivity index (χ0) is 22.8. The first-order valence-corrected chi connectivity index (χ1v) is 13.7. The van der Waals surface area contributed by atoms with Gasteiger partial charge in [-0.2, -0.15) is 0 Å². The van der Waals surface area contributed by atoms with Crippen LogP contribution in [-0.2, 0) is 22.3 Å². The van der Waals surface area contributed by atoms with E-state index in [4.69, 9.17) is 9.26 Å². The lowest BCUT2D eigenvalue weighted by atomic mass is 10.0. The standard InChI is InChI=1S/C24H34FN3O2Si/c1-8-17-12-19(13-26-23(17)28-14-20(15-28)27-29-5)21-11-9-10-18(22(21)25)16-30-31(6,7)24(2,3)4/h9-13H,8,14-16H2,1-7H3/q-1. The van der Waals surface area contributed by atoms with Crippen LogP contribution in [0.5, 0.6) is 0 Å². The Morgan fingerprint density at radius 1 is 1.19 bits per heavy atom. The smallest absolute Gasteiger partial charge is 0.136 e. The summed E-state index contributed by atoms with van der Waals surface area (Å²) in [6.07, 6.45) is 2.58. The highest BCUT2D eigenvalue weighted by Gasteiger charge is 2.27. The number of nitrogens with zero attached hydrogens (tertiary/aromatic N) is 3. The predicted molar refractivity (Wildman–Crippen MR) is 128 cm³/mol. The average Bonchev–Trinajstić information content (AvgIpc) is 2.68. The van der Waals surface area contributed by atoms with Gasteiger partial charge in [-0.05, 0) is 26.4 Å². The van der Waals surface area contributed by atoms with Gasteiger partial charge >= 0.3 is 0 Å². The van der Waals surface area contributed by atoms with Gasteiger partial charge in [0.15, 0.2) is 0 Å². The van der Waals surface area contributed by atoms with Gasteiger partial charge in [-0.1, -0.05) is 51.0 Å². The lowest BCUT2D eigenvalue weighted by molar-refractivity contribution is 0.211. The van der Waals surface area contributed by atoms with Crippen LogP contribution in [0.15, 0.2) is 35.6 Å². The van der Waals surface area contributed by atoms with Gasteiger partial charge in [-0.25, -0.2) is 9.37 Å². The minimum absolute atomic E-state index is 0.0849. The van der Waals surface area contributed by atoms with Crippen molar-refractivity contribution in [2.45, 2.75) is 58.9 Å². The summed E-state index contributed by atoms with van der Waals surface area (Å²) >= 11 is 0. The van der Waals surface area contributed by atoms with Crippen molar-refractivity contribution in [1.82, 2.24) is 4.98 Å². The normalized spacial score (nSPS) is 14.5. The summed E-state index contributed by atoms with van der Waals surface area (Å²) in [4.78, 5) is 11.7. The van der Waals surface area contributed by atoms with Crippen LogP contribution >= 0.6 is 0 Å². The number of hydrogen-bond acceptors (Lipinski definition) is 5. The van der Waals surface area contributed by atoms with Crippen LogP contribution < -0.4 is 4.90 Å². The molecule has 1 aliphatic heterocycles. The van der Waals surface area contributed by atoms with E-state index in [1.807, 2.05) is 24.3 Å². The molecule has 5 nitrogen and oxygen atoms in total. The number of halogens is 1. The topological polar surface area (TPSA) is 47.0 Å². The number of rotatable bonds is 7. The Balaban J connectivity index is 1.83. The SMILES string of the molecule is CCc1cc(-c2cccc(CO[Si-](C)(C)C(C)(C)C)c2F)cnc1N1CC(=NOC)C1. The van der Waals surface area contributed by atoms with Crippen LogP contribution in [-0.4, -0.2) is 39.2 Å². The Morgan fingerprint density at radius 3 is 2.52 bits per heavy atom. The second-order valence-corrected chi connectivity index (χ2v) is 14.4. The predicted octanol–water partition coefficient (Wildman–Crippen LogP) is 5.79. The van der Waals surface area contributed by atoms with Gasteiger partial charge in [0.25, 0.3) is 0 Å². The number of aromatic nitrogens is 1. The van der Waals surface area contributed by atoms with Crippen molar-refractivity contribution >= 4 is 19.8 Å². The maximum atomic E-state index is 15.4. The van der Waals surface area contributed by atoms with Gasteiger partial charge in [0, 0.05) is 29.5 Å². The van der Waals surface area contributed by atoms with Crippen molar-refractivity contribution in [2.24, 2.45) is 5.16 Å². The molecule has 169 valence electrons. The second kappa shape index (κ2) is 9.08. The first-order valence-electron chi connectivity index (χ1n) is 10.8. The molecule has 0 spiro atoms. The summed E-state index contributed by atoms with van der Waals surface area (Å²) < 4.78 is 21.7. The fourth-order valence-electron chi connectivity index (χ4n) is 3.32. The highest BCUT2D eigenvalue weighted by atomic mass is 28.4. The van der Waals surface area contributed by atoms with Gasteiger partial charge in [0.2, 0.25) is 0 Å². The van der Waals surface area contributed by atoms with Gasteiger partial charge in [-0.15, -0.1) is 18.1 Å². The quantitative estimate of drug-likeness (QED) is 0.401. The fourth-order valence-corrected chi connectivity index (χ4v) is 4.26. The highest BCUT2D eigenvalue weighted by Crippen LogP contribution is 2.37. The first-order chi connectivity index (χ1) is 14.6. The molecule has 1 aliphatic rings. The maximum absolute atomic E-state index is 15.4. The molecule has 0 aliphatic carbocycles. The Kier molecular flexibility index (Phi) is 6.86. The van der Waals surface area contributed by atoms with Crippen LogP contribution in [0, 0.1) is 5.82 Å². The van der Waals surface area contributed by atoms with Crippen LogP contribution in [0.4, 0.5) is 10.2 Å². The molecule has 3 rings (SSSR count). The maximum Gasteiger partial charge on any atom is 0.136 e. The monoisotopic (exact) mass is 443 g/mol. The van der Waals surface area contributed by atoms with E-state index in [-0.39, 0.29) is 17.5 Å². The van der Waals surface area contributed by atoms with E-state index in [2.05, 4.69) is 55.8 Å². The third-order valence-corrected chi connectivity index (χ3v) is 10.9. The largest absolute Gasteiger partial charge is 0.561 e. The molecule has 1 fully saturated rings. The molecule has 0 bridgehead atoms. The van der Waals surface area contributed by atoms with E-state index >= 15 is 4.39 Å². The zero-order valence-electron chi connectivity index (χ0n) is 19.8. The minimum atomic E-state index is -1.95. The summed E-state index contributed by atoms with van der Waals surface area (Å²) in [5, 5.41) is 4.07. The van der Waals surface area contributed by atoms with Gasteiger partial charge in [0.05, 0.1) is 18.8 Å². The van der Waals surface area contributed by atoms with Crippen LogP contribution in [0.25, 0.3) is 11.1 Å². The Bertz CT molecular complexity index is 962. The van der Waals surface area contributed by atoms with E-state index in [1.165, 1.54) is 0 Å². The zero-order valence-corrected chi connectivity index (χ0v) is 20.8. The number of benzene rings is 1. The van der Waals surface area contributed by atoms with E-state index in [1.54, 1.807) is 13.3 Å². The lowest BCUT2D eigenvalue weighted by Gasteiger charge is -2.48. The van der Waals surface area contributed by atoms with Crippen LogP contribution in [0.3, 0.4) is 0 Å². The third-order valence-electron chi connectivity index (χ3n) is 6.37. The van der Waals surface area contributed by atoms with Crippen LogP contribution in [0.2, 0.25) is 18.1 Å². The van der Waals surface area contributed by atoms with Gasteiger partial charge in [-0.3, -0.25) is 0 Å². The summed E-state index contributed by atoms with van der Waals surface area (Å²) in [6.45, 7) is 14.7. The number of oxime groups is 1. The number of pyridine rings is 1. The molecule has 2 aromatic rings. The second-order valence-electron chi connectivity index (χ2n) is 9.58. The van der Waals surface area contributed by atoms with E-state index < -0.39 is 8.32 Å². The summed E-state index contributed by atoms with van der Waals surface area (Å²) in [5.74, 6) is 0.704. The van der Waals surface area contributed by atoms with E-state index in [0.717, 1.165) is 29.1 Å². The van der Waals surface area contributed by atoms with Crippen molar-refractivity contribution in [1.29, 1.82) is 0 Å². The Morgan fingerprint density at radius 2 is 1.90 bits per heavy atom. The highest BCUT2D eigenvalue weighted by molar-refractivity contribution is 6.74. The van der Waals surface area contributed by atoms with Crippen molar-refractivity contribution in [3.05, 3.63) is 47.4 Å². The molecular weight excluding hydrogens is 409 g/mol.